The Balaban J connectivity index is 2.68. The van der Waals surface area contributed by atoms with Crippen LogP contribution in [0.1, 0.15) is 0 Å². The first-order valence-corrected chi connectivity index (χ1v) is 5.36. The van der Waals surface area contributed by atoms with E-state index in [1.165, 1.54) is 18.2 Å². The molecule has 1 rings (SSSR count). The van der Waals surface area contributed by atoms with Crippen LogP contribution in [-0.2, 0) is 4.79 Å². The summed E-state index contributed by atoms with van der Waals surface area (Å²) in [5.74, 6) is -0.565. The van der Waals surface area contributed by atoms with Gasteiger partial charge in [0.25, 0.3) is 5.91 Å². The summed E-state index contributed by atoms with van der Waals surface area (Å²) in [7, 11) is 0. The molecule has 1 aromatic carbocycles. The van der Waals surface area contributed by atoms with Crippen molar-refractivity contribution in [3.8, 4) is 5.75 Å². The Morgan fingerprint density at radius 1 is 1.56 bits per heavy atom. The standard InChI is InChI=1S/C10H11ClN2O5/c11-7-1-2-8(13(16)17)9(5-7)18-6-10(15)12-3-4-14/h1-2,5,14H,3-4,6H2,(H,12,15). The van der Waals surface area contributed by atoms with Crippen molar-refractivity contribution in [2.24, 2.45) is 0 Å². The lowest BCUT2D eigenvalue weighted by Gasteiger charge is -2.07. The van der Waals surface area contributed by atoms with Gasteiger partial charge in [-0.2, -0.15) is 0 Å². The molecule has 0 aliphatic rings. The SMILES string of the molecule is O=C(COc1cc(Cl)ccc1[N+](=O)[O-])NCCO. The summed E-state index contributed by atoms with van der Waals surface area (Å²) in [5, 5.41) is 21.8. The van der Waals surface area contributed by atoms with E-state index in [1.807, 2.05) is 0 Å². The van der Waals surface area contributed by atoms with E-state index < -0.39 is 10.8 Å². The predicted molar refractivity (Wildman–Crippen MR) is 63.7 cm³/mol. The Morgan fingerprint density at radius 2 is 2.28 bits per heavy atom. The third kappa shape index (κ3) is 4.19. The molecule has 0 radical (unpaired) electrons. The molecule has 0 fully saturated rings. The van der Waals surface area contributed by atoms with E-state index >= 15 is 0 Å². The van der Waals surface area contributed by atoms with Crippen LogP contribution in [0.4, 0.5) is 5.69 Å². The topological polar surface area (TPSA) is 102 Å². The van der Waals surface area contributed by atoms with Gasteiger partial charge in [-0.25, -0.2) is 0 Å². The predicted octanol–water partition coefficient (Wildman–Crippen LogP) is 0.736. The van der Waals surface area contributed by atoms with Crippen molar-refractivity contribution < 1.29 is 19.6 Å². The van der Waals surface area contributed by atoms with Crippen LogP contribution in [0.5, 0.6) is 5.75 Å². The van der Waals surface area contributed by atoms with Crippen LogP contribution in [-0.4, -0.2) is 35.7 Å². The number of carbonyl (C=O) groups is 1. The van der Waals surface area contributed by atoms with Crippen LogP contribution in [0.25, 0.3) is 0 Å². The van der Waals surface area contributed by atoms with Crippen LogP contribution >= 0.6 is 11.6 Å². The first kappa shape index (κ1) is 14.2. The number of hydrogen-bond acceptors (Lipinski definition) is 5. The highest BCUT2D eigenvalue weighted by atomic mass is 35.5. The number of carbonyl (C=O) groups excluding carboxylic acids is 1. The molecule has 8 heteroatoms. The second-order valence-electron chi connectivity index (χ2n) is 3.23. The van der Waals surface area contributed by atoms with Crippen molar-refractivity contribution in [2.45, 2.75) is 0 Å². The number of nitrogens with zero attached hydrogens (tertiary/aromatic N) is 1. The summed E-state index contributed by atoms with van der Waals surface area (Å²) in [6, 6.07) is 3.82. The van der Waals surface area contributed by atoms with Crippen molar-refractivity contribution in [1.82, 2.24) is 5.32 Å². The number of nitro groups is 1. The van der Waals surface area contributed by atoms with Crippen LogP contribution in [0.15, 0.2) is 18.2 Å². The average Bonchev–Trinajstić information content (AvgIpc) is 2.33. The number of nitrogens with one attached hydrogen (secondary N) is 1. The Kier molecular flexibility index (Phi) is 5.34. The first-order chi connectivity index (χ1) is 8.54. The lowest BCUT2D eigenvalue weighted by Crippen LogP contribution is -2.31. The quantitative estimate of drug-likeness (QED) is 0.588. The molecule has 0 bridgehead atoms. The maximum Gasteiger partial charge on any atom is 0.311 e. The molecule has 0 saturated heterocycles. The van der Waals surface area contributed by atoms with Gasteiger partial charge in [-0.15, -0.1) is 0 Å². The molecule has 0 saturated carbocycles. The fraction of sp³-hybridized carbons (Fsp3) is 0.300. The number of amides is 1. The third-order valence-electron chi connectivity index (χ3n) is 1.91. The van der Waals surface area contributed by atoms with E-state index in [4.69, 9.17) is 21.4 Å². The monoisotopic (exact) mass is 274 g/mol. The van der Waals surface area contributed by atoms with Gasteiger partial charge < -0.3 is 15.2 Å². The minimum Gasteiger partial charge on any atom is -0.477 e. The van der Waals surface area contributed by atoms with Gasteiger partial charge in [-0.1, -0.05) is 11.6 Å². The van der Waals surface area contributed by atoms with Crippen molar-refractivity contribution >= 4 is 23.2 Å². The molecule has 0 heterocycles. The summed E-state index contributed by atoms with van der Waals surface area (Å²) >= 11 is 5.68. The third-order valence-corrected chi connectivity index (χ3v) is 2.15. The Bertz CT molecular complexity index is 452. The second-order valence-corrected chi connectivity index (χ2v) is 3.67. The van der Waals surface area contributed by atoms with Gasteiger partial charge in [0.05, 0.1) is 11.5 Å². The highest BCUT2D eigenvalue weighted by Gasteiger charge is 2.16. The fourth-order valence-electron chi connectivity index (χ4n) is 1.14. The number of halogens is 1. The maximum atomic E-state index is 11.2. The van der Waals surface area contributed by atoms with E-state index in [9.17, 15) is 14.9 Å². The number of rotatable bonds is 6. The van der Waals surface area contributed by atoms with Gasteiger partial charge in [0, 0.05) is 23.7 Å². The molecule has 18 heavy (non-hydrogen) atoms. The zero-order chi connectivity index (χ0) is 13.5. The maximum absolute atomic E-state index is 11.2. The Hall–Kier alpha value is -1.86. The zero-order valence-corrected chi connectivity index (χ0v) is 10.0. The number of ether oxygens (including phenoxy) is 1. The van der Waals surface area contributed by atoms with Crippen LogP contribution in [0.3, 0.4) is 0 Å². The van der Waals surface area contributed by atoms with Gasteiger partial charge in [0.1, 0.15) is 0 Å². The van der Waals surface area contributed by atoms with Crippen LogP contribution in [0.2, 0.25) is 5.02 Å². The highest BCUT2D eigenvalue weighted by Crippen LogP contribution is 2.29. The molecule has 0 aromatic heterocycles. The van der Waals surface area contributed by atoms with Gasteiger partial charge in [-0.05, 0) is 6.07 Å². The van der Waals surface area contributed by atoms with Gasteiger partial charge >= 0.3 is 5.69 Å². The smallest absolute Gasteiger partial charge is 0.311 e. The van der Waals surface area contributed by atoms with Gasteiger partial charge in [-0.3, -0.25) is 14.9 Å². The summed E-state index contributed by atoms with van der Waals surface area (Å²) in [5.41, 5.74) is -0.269. The molecule has 1 aromatic rings. The average molecular weight is 275 g/mol. The molecule has 0 unspecified atom stereocenters. The van der Waals surface area contributed by atoms with E-state index in [-0.39, 0.29) is 36.2 Å². The molecule has 0 atom stereocenters. The minimum absolute atomic E-state index is 0.0772. The lowest BCUT2D eigenvalue weighted by atomic mass is 10.3. The highest BCUT2D eigenvalue weighted by molar-refractivity contribution is 6.30. The molecule has 2 N–H and O–H groups in total. The van der Waals surface area contributed by atoms with Crippen molar-refractivity contribution in [3.05, 3.63) is 33.3 Å². The Labute approximate surface area is 107 Å². The van der Waals surface area contributed by atoms with Crippen LogP contribution < -0.4 is 10.1 Å². The lowest BCUT2D eigenvalue weighted by molar-refractivity contribution is -0.385. The largest absolute Gasteiger partial charge is 0.477 e. The van der Waals surface area contributed by atoms with Crippen molar-refractivity contribution in [3.63, 3.8) is 0 Å². The summed E-state index contributed by atoms with van der Waals surface area (Å²) in [6.45, 7) is -0.482. The fourth-order valence-corrected chi connectivity index (χ4v) is 1.31. The number of nitro benzene ring substituents is 1. The van der Waals surface area contributed by atoms with Crippen molar-refractivity contribution in [1.29, 1.82) is 0 Å². The molecule has 0 spiro atoms. The molecule has 7 nitrogen and oxygen atoms in total. The Morgan fingerprint density at radius 3 is 2.89 bits per heavy atom. The zero-order valence-electron chi connectivity index (χ0n) is 9.26. The summed E-state index contributed by atoms with van der Waals surface area (Å²) < 4.78 is 5.02. The molecule has 1 amide bonds. The van der Waals surface area contributed by atoms with Gasteiger partial charge in [0.15, 0.2) is 12.4 Å². The van der Waals surface area contributed by atoms with E-state index in [2.05, 4.69) is 5.32 Å². The second kappa shape index (κ2) is 6.77. The van der Waals surface area contributed by atoms with E-state index in [1.54, 1.807) is 0 Å². The number of benzene rings is 1. The van der Waals surface area contributed by atoms with E-state index in [0.717, 1.165) is 0 Å². The van der Waals surface area contributed by atoms with Crippen molar-refractivity contribution in [2.75, 3.05) is 19.8 Å². The van der Waals surface area contributed by atoms with E-state index in [0.29, 0.717) is 0 Å². The number of aliphatic hydroxyl groups excluding tert-OH is 1. The molecular formula is C10H11ClN2O5. The molecule has 0 aliphatic heterocycles. The minimum atomic E-state index is -0.628. The molecular weight excluding hydrogens is 264 g/mol. The molecule has 0 aliphatic carbocycles. The number of aliphatic hydroxyl groups is 1. The summed E-state index contributed by atoms with van der Waals surface area (Å²) in [4.78, 5) is 21.3. The normalized spacial score (nSPS) is 9.89. The summed E-state index contributed by atoms with van der Waals surface area (Å²) in [6.07, 6.45) is 0. The van der Waals surface area contributed by atoms with Crippen LogP contribution in [0, 0.1) is 10.1 Å². The first-order valence-electron chi connectivity index (χ1n) is 4.99. The number of hydrogen-bond donors (Lipinski definition) is 2. The van der Waals surface area contributed by atoms with Gasteiger partial charge in [0.2, 0.25) is 0 Å². The molecule has 98 valence electrons.